The summed E-state index contributed by atoms with van der Waals surface area (Å²) in [6.07, 6.45) is 10.3. The summed E-state index contributed by atoms with van der Waals surface area (Å²) in [5.74, 6) is -0.734. The number of carboxylic acid groups (broad SMARTS) is 1. The van der Waals surface area contributed by atoms with Crippen molar-refractivity contribution >= 4 is 29.0 Å². The number of aliphatic carboxylic acids is 1. The zero-order valence-electron chi connectivity index (χ0n) is 12.8. The minimum Gasteiger partial charge on any atom is -1.00 e. The molecule has 0 bridgehead atoms. The summed E-state index contributed by atoms with van der Waals surface area (Å²) in [7, 11) is 0. The molecule has 1 N–H and O–H groups in total. The number of unbranched alkanes of at least 4 members (excludes halogenated alkanes) is 5. The molecule has 0 rings (SSSR count). The quantitative estimate of drug-likeness (QED) is 0.374. The summed E-state index contributed by atoms with van der Waals surface area (Å²) < 4.78 is 0. The van der Waals surface area contributed by atoms with Crippen LogP contribution in [0.2, 0.25) is 0 Å². The van der Waals surface area contributed by atoms with Crippen LogP contribution in [0.5, 0.6) is 0 Å². The van der Waals surface area contributed by atoms with Crippen molar-refractivity contribution in [2.45, 2.75) is 65.2 Å². The second-order valence-corrected chi connectivity index (χ2v) is 3.99. The molecular formula is C13H26MgO2. The largest absolute Gasteiger partial charge is 2.00 e. The first-order valence-electron chi connectivity index (χ1n) is 6.14. The van der Waals surface area contributed by atoms with Gasteiger partial charge in [0.25, 0.3) is 0 Å². The Kier molecular flexibility index (Phi) is 15.0. The summed E-state index contributed by atoms with van der Waals surface area (Å²) in [4.78, 5) is 10.9. The minimum atomic E-state index is -0.734. The van der Waals surface area contributed by atoms with E-state index in [1.165, 1.54) is 12.8 Å². The molecule has 0 radical (unpaired) electrons. The number of carbonyl (C=O) groups is 1. The third-order valence-corrected chi connectivity index (χ3v) is 2.52. The number of carboxylic acids is 1. The number of rotatable bonds is 9. The molecule has 0 aromatic heterocycles. The van der Waals surface area contributed by atoms with E-state index in [2.05, 4.69) is 13.8 Å². The summed E-state index contributed by atoms with van der Waals surface area (Å²) >= 11 is 0. The second-order valence-electron chi connectivity index (χ2n) is 3.99. The van der Waals surface area contributed by atoms with Gasteiger partial charge < -0.3 is 7.96 Å². The maximum atomic E-state index is 10.9. The number of allylic oxidation sites excluding steroid dienone is 1. The van der Waals surface area contributed by atoms with Gasteiger partial charge in [0.1, 0.15) is 0 Å². The molecule has 0 aliphatic heterocycles. The van der Waals surface area contributed by atoms with Gasteiger partial charge in [0.05, 0.1) is 0 Å². The molecule has 16 heavy (non-hydrogen) atoms. The molecule has 0 saturated heterocycles. The van der Waals surface area contributed by atoms with Crippen LogP contribution < -0.4 is 0 Å². The first-order valence-corrected chi connectivity index (χ1v) is 6.14. The molecule has 0 heterocycles. The zero-order valence-corrected chi connectivity index (χ0v) is 12.2. The van der Waals surface area contributed by atoms with Crippen molar-refractivity contribution in [3.8, 4) is 0 Å². The molecule has 2 nitrogen and oxygen atoms in total. The van der Waals surface area contributed by atoms with Crippen molar-refractivity contribution in [3.05, 3.63) is 11.6 Å². The van der Waals surface area contributed by atoms with Gasteiger partial charge in [-0.2, -0.15) is 0 Å². The van der Waals surface area contributed by atoms with Crippen LogP contribution in [0.3, 0.4) is 0 Å². The summed E-state index contributed by atoms with van der Waals surface area (Å²) in [6, 6.07) is 0. The first-order chi connectivity index (χ1) is 7.22. The van der Waals surface area contributed by atoms with Crippen molar-refractivity contribution in [1.29, 1.82) is 0 Å². The van der Waals surface area contributed by atoms with Crippen LogP contribution in [-0.2, 0) is 4.79 Å². The second kappa shape index (κ2) is 13.0. The van der Waals surface area contributed by atoms with Crippen LogP contribution in [0, 0.1) is 0 Å². The van der Waals surface area contributed by atoms with E-state index in [-0.39, 0.29) is 25.9 Å². The Morgan fingerprint density at radius 3 is 2.19 bits per heavy atom. The Morgan fingerprint density at radius 1 is 1.12 bits per heavy atom. The molecule has 3 heteroatoms. The molecule has 0 saturated carbocycles. The molecule has 0 aromatic rings. The Balaban J connectivity index is -0.000000327. The van der Waals surface area contributed by atoms with E-state index in [4.69, 9.17) is 5.11 Å². The maximum absolute atomic E-state index is 10.9. The third kappa shape index (κ3) is 10.5. The standard InChI is InChI=1S/C13H24O2.Mg.2H/c1-3-5-7-9-11-12(13(14)15)10-8-6-4-2;;;/h11H,3-10H2,1-2H3,(H,14,15);;;/q;+2;2*-1. The van der Waals surface area contributed by atoms with Crippen molar-refractivity contribution in [3.63, 3.8) is 0 Å². The van der Waals surface area contributed by atoms with Gasteiger partial charge in [-0.15, -0.1) is 0 Å². The van der Waals surface area contributed by atoms with Crippen LogP contribution in [0.4, 0.5) is 0 Å². The fraction of sp³-hybridized carbons (Fsp3) is 0.769. The van der Waals surface area contributed by atoms with Crippen LogP contribution in [0.25, 0.3) is 0 Å². The first kappa shape index (κ1) is 18.3. The molecule has 0 amide bonds. The molecule has 0 aromatic carbocycles. The normalized spacial score (nSPS) is 11.0. The Hall–Kier alpha value is -0.0238. The van der Waals surface area contributed by atoms with Crippen molar-refractivity contribution in [2.24, 2.45) is 0 Å². The van der Waals surface area contributed by atoms with Gasteiger partial charge in [-0.25, -0.2) is 4.79 Å². The SMILES string of the molecule is CCCCCC=C(CCCCC)C(=O)O.[H-].[H-].[Mg+2]. The molecule has 0 unspecified atom stereocenters. The van der Waals surface area contributed by atoms with E-state index >= 15 is 0 Å². The van der Waals surface area contributed by atoms with E-state index in [9.17, 15) is 4.79 Å². The number of hydrogen-bond donors (Lipinski definition) is 1. The van der Waals surface area contributed by atoms with E-state index in [0.29, 0.717) is 5.57 Å². The minimum absolute atomic E-state index is 0. The monoisotopic (exact) mass is 238 g/mol. The van der Waals surface area contributed by atoms with Gasteiger partial charge in [0, 0.05) is 5.57 Å². The smallest absolute Gasteiger partial charge is 1.00 e. The average molecular weight is 239 g/mol. The van der Waals surface area contributed by atoms with E-state index in [0.717, 1.165) is 38.5 Å². The van der Waals surface area contributed by atoms with Crippen LogP contribution in [-0.4, -0.2) is 34.1 Å². The van der Waals surface area contributed by atoms with Crippen LogP contribution in [0.15, 0.2) is 11.6 Å². The van der Waals surface area contributed by atoms with E-state index in [1.807, 2.05) is 6.08 Å². The third-order valence-electron chi connectivity index (χ3n) is 2.52. The van der Waals surface area contributed by atoms with Gasteiger partial charge >= 0.3 is 29.0 Å². The molecule has 0 aliphatic rings. The summed E-state index contributed by atoms with van der Waals surface area (Å²) in [5, 5.41) is 8.96. The summed E-state index contributed by atoms with van der Waals surface area (Å²) in [6.45, 7) is 4.29. The topological polar surface area (TPSA) is 37.3 Å². The van der Waals surface area contributed by atoms with Crippen molar-refractivity contribution < 1.29 is 12.8 Å². The average Bonchev–Trinajstić information content (AvgIpc) is 2.21. The fourth-order valence-corrected chi connectivity index (χ4v) is 1.53. The Labute approximate surface area is 119 Å². The van der Waals surface area contributed by atoms with Gasteiger partial charge in [-0.05, 0) is 25.7 Å². The van der Waals surface area contributed by atoms with E-state index in [1.54, 1.807) is 0 Å². The van der Waals surface area contributed by atoms with Crippen molar-refractivity contribution in [2.75, 3.05) is 0 Å². The summed E-state index contributed by atoms with van der Waals surface area (Å²) in [5.41, 5.74) is 0.611. The Morgan fingerprint density at radius 2 is 1.69 bits per heavy atom. The predicted molar refractivity (Wildman–Crippen MR) is 72.0 cm³/mol. The maximum Gasteiger partial charge on any atom is 2.00 e. The van der Waals surface area contributed by atoms with Crippen LogP contribution in [0.1, 0.15) is 68.1 Å². The van der Waals surface area contributed by atoms with E-state index < -0.39 is 5.97 Å². The zero-order chi connectivity index (χ0) is 11.5. The van der Waals surface area contributed by atoms with Gasteiger partial charge in [-0.1, -0.05) is 45.6 Å². The number of hydrogen-bond acceptors (Lipinski definition) is 1. The molecule has 0 atom stereocenters. The molecule has 92 valence electrons. The van der Waals surface area contributed by atoms with Crippen LogP contribution >= 0.6 is 0 Å². The molecule has 0 spiro atoms. The molecule has 0 fully saturated rings. The fourth-order valence-electron chi connectivity index (χ4n) is 1.53. The molecule has 0 aliphatic carbocycles. The van der Waals surface area contributed by atoms with Gasteiger partial charge in [0.15, 0.2) is 0 Å². The van der Waals surface area contributed by atoms with Gasteiger partial charge in [-0.3, -0.25) is 0 Å². The van der Waals surface area contributed by atoms with Crippen molar-refractivity contribution in [1.82, 2.24) is 0 Å². The molecular weight excluding hydrogens is 212 g/mol. The Bertz CT molecular complexity index is 209. The van der Waals surface area contributed by atoms with Gasteiger partial charge in [0.2, 0.25) is 0 Å². The predicted octanol–water partition coefficient (Wildman–Crippen LogP) is 4.00.